The second kappa shape index (κ2) is 6.84. The van der Waals surface area contributed by atoms with Crippen LogP contribution in [0.4, 0.5) is 4.39 Å². The number of fused-ring (bicyclic) bond motifs is 1. The molecule has 3 rings (SSSR count). The molecule has 1 atom stereocenters. The molecule has 124 valence electrons. The number of ether oxygens (including phenoxy) is 1. The van der Waals surface area contributed by atoms with Crippen LogP contribution in [0.25, 0.3) is 11.0 Å². The Balaban J connectivity index is 1.87. The average Bonchev–Trinajstić information content (AvgIpc) is 2.53. The molecule has 4 nitrogen and oxygen atoms in total. The van der Waals surface area contributed by atoms with E-state index in [9.17, 15) is 9.18 Å². The monoisotopic (exact) mass is 328 g/mol. The van der Waals surface area contributed by atoms with E-state index in [0.717, 1.165) is 21.4 Å². The molecule has 24 heavy (non-hydrogen) atoms. The second-order valence-corrected chi connectivity index (χ2v) is 5.89. The molecular formula is C19H19FNO3+. The molecule has 0 aliphatic heterocycles. The highest BCUT2D eigenvalue weighted by molar-refractivity contribution is 5.81. The Morgan fingerprint density at radius 1 is 1.12 bits per heavy atom. The van der Waals surface area contributed by atoms with Gasteiger partial charge in [0.05, 0.1) is 14.2 Å². The average molecular weight is 328 g/mol. The first kappa shape index (κ1) is 16.2. The Labute approximate surface area is 139 Å². The molecule has 2 aromatic carbocycles. The van der Waals surface area contributed by atoms with Gasteiger partial charge in [0.2, 0.25) is 0 Å². The van der Waals surface area contributed by atoms with Crippen molar-refractivity contribution in [3.05, 3.63) is 75.9 Å². The SMILES string of the molecule is COc1ccc2c(C[NH+](C)Cc3cccc(F)c3)cc(=O)oc2c1. The van der Waals surface area contributed by atoms with E-state index in [4.69, 9.17) is 9.15 Å². The molecule has 0 amide bonds. The Morgan fingerprint density at radius 2 is 1.96 bits per heavy atom. The molecule has 1 aromatic heterocycles. The summed E-state index contributed by atoms with van der Waals surface area (Å²) in [5.74, 6) is 0.404. The lowest BCUT2D eigenvalue weighted by Crippen LogP contribution is -3.06. The normalized spacial score (nSPS) is 12.3. The van der Waals surface area contributed by atoms with Gasteiger partial charge in [0.1, 0.15) is 30.2 Å². The predicted molar refractivity (Wildman–Crippen MR) is 89.7 cm³/mol. The highest BCUT2D eigenvalue weighted by atomic mass is 19.1. The largest absolute Gasteiger partial charge is 0.497 e. The van der Waals surface area contributed by atoms with Crippen LogP contribution in [0.1, 0.15) is 11.1 Å². The van der Waals surface area contributed by atoms with Crippen LogP contribution in [0.15, 0.2) is 57.7 Å². The topological polar surface area (TPSA) is 43.9 Å². The fourth-order valence-electron chi connectivity index (χ4n) is 2.87. The first-order valence-corrected chi connectivity index (χ1v) is 7.71. The Morgan fingerprint density at radius 3 is 2.71 bits per heavy atom. The zero-order valence-corrected chi connectivity index (χ0v) is 13.6. The number of nitrogens with one attached hydrogen (secondary N) is 1. The third-order valence-electron chi connectivity index (χ3n) is 3.92. The fourth-order valence-corrected chi connectivity index (χ4v) is 2.87. The first-order valence-electron chi connectivity index (χ1n) is 7.71. The molecule has 0 fully saturated rings. The van der Waals surface area contributed by atoms with Gasteiger partial charge in [-0.25, -0.2) is 9.18 Å². The van der Waals surface area contributed by atoms with E-state index in [-0.39, 0.29) is 11.4 Å². The highest BCUT2D eigenvalue weighted by Crippen LogP contribution is 2.22. The highest BCUT2D eigenvalue weighted by Gasteiger charge is 2.12. The van der Waals surface area contributed by atoms with Crippen molar-refractivity contribution in [2.45, 2.75) is 13.1 Å². The minimum absolute atomic E-state index is 0.238. The third kappa shape index (κ3) is 3.63. The van der Waals surface area contributed by atoms with E-state index >= 15 is 0 Å². The summed E-state index contributed by atoms with van der Waals surface area (Å²) >= 11 is 0. The Bertz CT molecular complexity index is 920. The second-order valence-electron chi connectivity index (χ2n) is 5.89. The lowest BCUT2D eigenvalue weighted by molar-refractivity contribution is -0.907. The predicted octanol–water partition coefficient (Wildman–Crippen LogP) is 2.16. The van der Waals surface area contributed by atoms with Gasteiger partial charge in [-0.2, -0.15) is 0 Å². The first-order chi connectivity index (χ1) is 11.5. The number of hydrogen-bond donors (Lipinski definition) is 1. The molecule has 1 unspecified atom stereocenters. The molecule has 0 saturated heterocycles. The zero-order valence-electron chi connectivity index (χ0n) is 13.6. The van der Waals surface area contributed by atoms with Crippen LogP contribution < -0.4 is 15.3 Å². The van der Waals surface area contributed by atoms with Crippen LogP contribution in [0.3, 0.4) is 0 Å². The maximum Gasteiger partial charge on any atom is 0.336 e. The summed E-state index contributed by atoms with van der Waals surface area (Å²) in [7, 11) is 3.58. The van der Waals surface area contributed by atoms with Crippen molar-refractivity contribution in [3.8, 4) is 5.75 Å². The number of hydrogen-bond acceptors (Lipinski definition) is 3. The molecule has 1 N–H and O–H groups in total. The lowest BCUT2D eigenvalue weighted by atomic mass is 10.1. The summed E-state index contributed by atoms with van der Waals surface area (Å²) in [5.41, 5.74) is 1.94. The van der Waals surface area contributed by atoms with Crippen molar-refractivity contribution < 1.29 is 18.4 Å². The molecule has 0 bridgehead atoms. The number of benzene rings is 2. The van der Waals surface area contributed by atoms with E-state index in [1.807, 2.05) is 25.2 Å². The van der Waals surface area contributed by atoms with Crippen LogP contribution in [0.2, 0.25) is 0 Å². The molecular weight excluding hydrogens is 309 g/mol. The van der Waals surface area contributed by atoms with Crippen LogP contribution in [-0.2, 0) is 13.1 Å². The molecule has 5 heteroatoms. The van der Waals surface area contributed by atoms with Crippen LogP contribution in [0, 0.1) is 5.82 Å². The molecule has 0 spiro atoms. The van der Waals surface area contributed by atoms with Crippen molar-refractivity contribution in [1.29, 1.82) is 0 Å². The Kier molecular flexibility index (Phi) is 4.62. The standard InChI is InChI=1S/C19H18FNO3/c1-21(11-13-4-3-5-15(20)8-13)12-14-9-19(22)24-18-10-16(23-2)6-7-17(14)18/h3-10H,11-12H2,1-2H3/p+1. The van der Waals surface area contributed by atoms with Gasteiger partial charge in [-0.05, 0) is 24.3 Å². The Hall–Kier alpha value is -2.66. The summed E-state index contributed by atoms with van der Waals surface area (Å²) in [6.07, 6.45) is 0. The van der Waals surface area contributed by atoms with Crippen molar-refractivity contribution in [1.82, 2.24) is 0 Å². The minimum Gasteiger partial charge on any atom is -0.497 e. The van der Waals surface area contributed by atoms with Gasteiger partial charge in [0.25, 0.3) is 0 Å². The zero-order chi connectivity index (χ0) is 17.1. The van der Waals surface area contributed by atoms with Gasteiger partial charge < -0.3 is 14.1 Å². The van der Waals surface area contributed by atoms with E-state index in [0.29, 0.717) is 24.4 Å². The van der Waals surface area contributed by atoms with E-state index in [1.165, 1.54) is 18.2 Å². The molecule has 0 radical (unpaired) electrons. The van der Waals surface area contributed by atoms with Gasteiger partial charge in [-0.3, -0.25) is 0 Å². The van der Waals surface area contributed by atoms with Gasteiger partial charge >= 0.3 is 5.63 Å². The van der Waals surface area contributed by atoms with Crippen LogP contribution in [0.5, 0.6) is 5.75 Å². The van der Waals surface area contributed by atoms with Crippen molar-refractivity contribution in [2.24, 2.45) is 0 Å². The van der Waals surface area contributed by atoms with E-state index < -0.39 is 0 Å². The maximum absolute atomic E-state index is 13.3. The van der Waals surface area contributed by atoms with E-state index in [1.54, 1.807) is 19.2 Å². The van der Waals surface area contributed by atoms with Crippen molar-refractivity contribution >= 4 is 11.0 Å². The molecule has 0 saturated carbocycles. The third-order valence-corrected chi connectivity index (χ3v) is 3.92. The van der Waals surface area contributed by atoms with Gasteiger partial charge in [0.15, 0.2) is 0 Å². The minimum atomic E-state index is -0.385. The molecule has 0 aliphatic carbocycles. The van der Waals surface area contributed by atoms with Crippen molar-refractivity contribution in [3.63, 3.8) is 0 Å². The summed E-state index contributed by atoms with van der Waals surface area (Å²) in [6, 6.07) is 13.5. The maximum atomic E-state index is 13.3. The quantitative estimate of drug-likeness (QED) is 0.730. The van der Waals surface area contributed by atoms with Gasteiger partial charge in [0, 0.05) is 28.6 Å². The molecule has 1 heterocycles. The van der Waals surface area contributed by atoms with Gasteiger partial charge in [-0.1, -0.05) is 12.1 Å². The number of quaternary nitrogens is 1. The molecule has 3 aromatic rings. The fraction of sp³-hybridized carbons (Fsp3) is 0.211. The van der Waals surface area contributed by atoms with Crippen LogP contribution in [-0.4, -0.2) is 14.2 Å². The van der Waals surface area contributed by atoms with Crippen molar-refractivity contribution in [2.75, 3.05) is 14.2 Å². The van der Waals surface area contributed by atoms with Crippen LogP contribution >= 0.6 is 0 Å². The molecule has 0 aliphatic rings. The number of rotatable bonds is 5. The summed E-state index contributed by atoms with van der Waals surface area (Å²) < 4.78 is 23.7. The summed E-state index contributed by atoms with van der Waals surface area (Å²) in [4.78, 5) is 13.0. The number of halogens is 1. The summed E-state index contributed by atoms with van der Waals surface area (Å²) in [5, 5.41) is 0.883. The summed E-state index contributed by atoms with van der Waals surface area (Å²) in [6.45, 7) is 1.29. The van der Waals surface area contributed by atoms with Gasteiger partial charge in [-0.15, -0.1) is 0 Å². The van der Waals surface area contributed by atoms with E-state index in [2.05, 4.69) is 0 Å². The number of methoxy groups -OCH3 is 1. The lowest BCUT2D eigenvalue weighted by Gasteiger charge is -2.15. The smallest absolute Gasteiger partial charge is 0.336 e.